The fourth-order valence-corrected chi connectivity index (χ4v) is 5.05. The van der Waals surface area contributed by atoms with E-state index in [1.54, 1.807) is 12.1 Å². The molecule has 3 N–H and O–H groups in total. The van der Waals surface area contributed by atoms with E-state index in [0.29, 0.717) is 47.1 Å². The molecule has 2 amide bonds. The maximum absolute atomic E-state index is 14.9. The normalized spacial score (nSPS) is 17.2. The summed E-state index contributed by atoms with van der Waals surface area (Å²) in [6.07, 6.45) is 3.85. The smallest absolute Gasteiger partial charge is 0.317 e. The topological polar surface area (TPSA) is 117 Å². The number of anilines is 2. The molecule has 1 aliphatic rings. The Morgan fingerprint density at radius 3 is 2.79 bits per heavy atom. The number of urea groups is 1. The third kappa shape index (κ3) is 6.09. The number of hydrogen-bond acceptors (Lipinski definition) is 7. The molecule has 4 rings (SSSR count). The summed E-state index contributed by atoms with van der Waals surface area (Å²) in [7, 11) is -0.362. The molecule has 1 saturated heterocycles. The van der Waals surface area contributed by atoms with Gasteiger partial charge in [-0.2, -0.15) is 0 Å². The van der Waals surface area contributed by atoms with Gasteiger partial charge in [-0.15, -0.1) is 0 Å². The second-order valence-corrected chi connectivity index (χ2v) is 11.0. The van der Waals surface area contributed by atoms with Gasteiger partial charge in [-0.25, -0.2) is 22.6 Å². The highest BCUT2D eigenvalue weighted by Gasteiger charge is 2.31. The molecule has 0 spiro atoms. The molecule has 1 fully saturated rings. The number of imidazole rings is 1. The van der Waals surface area contributed by atoms with E-state index in [1.165, 1.54) is 31.2 Å². The molecule has 2 aromatic heterocycles. The van der Waals surface area contributed by atoms with E-state index in [0.717, 1.165) is 6.26 Å². The molecule has 3 aromatic rings. The lowest BCUT2D eigenvalue weighted by molar-refractivity contribution is 0.136. The molecule has 0 bridgehead atoms. The van der Waals surface area contributed by atoms with Gasteiger partial charge in [-0.05, 0) is 42.7 Å². The number of pyridine rings is 1. The van der Waals surface area contributed by atoms with Crippen LogP contribution in [-0.2, 0) is 9.84 Å². The largest absolute Gasteiger partial charge is 0.495 e. The first-order chi connectivity index (χ1) is 18.7. The molecule has 0 unspecified atom stereocenters. The minimum Gasteiger partial charge on any atom is -0.495 e. The minimum absolute atomic E-state index is 0.0122. The summed E-state index contributed by atoms with van der Waals surface area (Å²) in [5, 5.41) is 8.93. The average molecular weight is 555 g/mol. The number of halogens is 1. The van der Waals surface area contributed by atoms with E-state index >= 15 is 0 Å². The monoisotopic (exact) mass is 554 g/mol. The first kappa shape index (κ1) is 27.8. The number of nitrogens with zero attached hydrogens (tertiary/aromatic N) is 3. The van der Waals surface area contributed by atoms with Gasteiger partial charge < -0.3 is 25.6 Å². The number of nitrogens with one attached hydrogen (secondary N) is 3. The van der Waals surface area contributed by atoms with Gasteiger partial charge in [0.2, 0.25) is 0 Å². The van der Waals surface area contributed by atoms with Gasteiger partial charge in [-0.3, -0.25) is 4.40 Å². The van der Waals surface area contributed by atoms with Crippen molar-refractivity contribution in [3.8, 4) is 17.6 Å². The van der Waals surface area contributed by atoms with Crippen LogP contribution < -0.4 is 20.7 Å². The molecule has 1 aromatic carbocycles. The highest BCUT2D eigenvalue weighted by molar-refractivity contribution is 7.90. The van der Waals surface area contributed by atoms with Crippen LogP contribution in [0.15, 0.2) is 48.0 Å². The summed E-state index contributed by atoms with van der Waals surface area (Å²) < 4.78 is 45.7. The van der Waals surface area contributed by atoms with Crippen molar-refractivity contribution >= 4 is 39.0 Å². The number of amides is 2. The number of benzene rings is 1. The molecule has 12 heteroatoms. The fourth-order valence-electron chi connectivity index (χ4n) is 4.41. The van der Waals surface area contributed by atoms with Gasteiger partial charge >= 0.3 is 6.03 Å². The number of likely N-dealkylation sites (tertiary alicyclic amines) is 1. The van der Waals surface area contributed by atoms with Gasteiger partial charge in [0.1, 0.15) is 17.6 Å². The van der Waals surface area contributed by atoms with Gasteiger partial charge in [0, 0.05) is 32.1 Å². The zero-order valence-corrected chi connectivity index (χ0v) is 22.8. The SMILES string of the molecule is C=Cc1c(C#CCNc2ccc(S(C)(=O)=O)cc2OC)nc2c(N[C@@H]3CCN(C(=O)NC)C[C@@H]3F)cccn12. The van der Waals surface area contributed by atoms with Crippen LogP contribution in [0.1, 0.15) is 17.8 Å². The predicted octanol–water partition coefficient (Wildman–Crippen LogP) is 3.02. The lowest BCUT2D eigenvalue weighted by atomic mass is 10.0. The van der Waals surface area contributed by atoms with Crippen LogP contribution in [-0.4, -0.2) is 81.0 Å². The number of fused-ring (bicyclic) bond motifs is 1. The van der Waals surface area contributed by atoms with Gasteiger partial charge in [0.25, 0.3) is 0 Å². The van der Waals surface area contributed by atoms with Crippen LogP contribution in [0.5, 0.6) is 5.75 Å². The summed E-state index contributed by atoms with van der Waals surface area (Å²) in [5.74, 6) is 6.48. The number of hydrogen-bond donors (Lipinski definition) is 3. The van der Waals surface area contributed by atoms with Crippen LogP contribution in [0.4, 0.5) is 20.6 Å². The molecule has 2 atom stereocenters. The Bertz CT molecular complexity index is 1560. The Kier molecular flexibility index (Phi) is 8.30. The quantitative estimate of drug-likeness (QED) is 0.385. The molecular formula is C27H31FN6O4S. The van der Waals surface area contributed by atoms with Crippen molar-refractivity contribution in [3.05, 3.63) is 54.5 Å². The molecule has 39 heavy (non-hydrogen) atoms. The van der Waals surface area contributed by atoms with Crippen LogP contribution in [0, 0.1) is 11.8 Å². The fraction of sp³-hybridized carbons (Fsp3) is 0.333. The maximum atomic E-state index is 14.9. The number of alkyl halides is 1. The van der Waals surface area contributed by atoms with E-state index in [-0.39, 0.29) is 24.0 Å². The van der Waals surface area contributed by atoms with Crippen molar-refractivity contribution < 1.29 is 22.3 Å². The van der Waals surface area contributed by atoms with Gasteiger partial charge in [-0.1, -0.05) is 12.5 Å². The van der Waals surface area contributed by atoms with Crippen LogP contribution in [0.2, 0.25) is 0 Å². The molecular weight excluding hydrogens is 523 g/mol. The summed E-state index contributed by atoms with van der Waals surface area (Å²) in [5.41, 5.74) is 3.05. The van der Waals surface area contributed by atoms with E-state index in [9.17, 15) is 17.6 Å². The lowest BCUT2D eigenvalue weighted by Gasteiger charge is -2.35. The predicted molar refractivity (Wildman–Crippen MR) is 150 cm³/mol. The summed E-state index contributed by atoms with van der Waals surface area (Å²) >= 11 is 0. The van der Waals surface area contributed by atoms with E-state index < -0.39 is 22.1 Å². The molecule has 0 aliphatic carbocycles. The number of carbonyl (C=O) groups is 1. The summed E-state index contributed by atoms with van der Waals surface area (Å²) in [4.78, 5) is 18.2. The van der Waals surface area contributed by atoms with Crippen LogP contribution in [0.25, 0.3) is 11.7 Å². The van der Waals surface area contributed by atoms with Crippen molar-refractivity contribution in [2.75, 3.05) is 50.7 Å². The Morgan fingerprint density at radius 2 is 2.13 bits per heavy atom. The van der Waals surface area contributed by atoms with Crippen LogP contribution in [0.3, 0.4) is 0 Å². The van der Waals surface area contributed by atoms with Crippen molar-refractivity contribution in [1.82, 2.24) is 19.6 Å². The minimum atomic E-state index is -3.36. The van der Waals surface area contributed by atoms with E-state index in [4.69, 9.17) is 4.74 Å². The Balaban J connectivity index is 1.51. The lowest BCUT2D eigenvalue weighted by Crippen LogP contribution is -2.52. The molecule has 0 radical (unpaired) electrons. The highest BCUT2D eigenvalue weighted by atomic mass is 32.2. The van der Waals surface area contributed by atoms with Gasteiger partial charge in [0.15, 0.2) is 15.5 Å². The van der Waals surface area contributed by atoms with Crippen molar-refractivity contribution in [2.45, 2.75) is 23.5 Å². The Labute approximate surface area is 227 Å². The van der Waals surface area contributed by atoms with Crippen molar-refractivity contribution in [3.63, 3.8) is 0 Å². The molecule has 3 heterocycles. The van der Waals surface area contributed by atoms with E-state index in [2.05, 4.69) is 39.4 Å². The number of methoxy groups -OCH3 is 1. The third-order valence-electron chi connectivity index (χ3n) is 6.44. The molecule has 0 saturated carbocycles. The van der Waals surface area contributed by atoms with Gasteiger partial charge in [0.05, 0.1) is 48.2 Å². The third-order valence-corrected chi connectivity index (χ3v) is 7.55. The second kappa shape index (κ2) is 11.7. The standard InChI is InChI=1S/C27H31FN6O4S/c1-5-24-21(8-6-13-30-22-11-10-18(39(4,36)37)16-25(22)38-3)32-26-23(9-7-14-34(24)26)31-20-12-15-33(17-19(20)28)27(35)29-2/h5,7,9-11,14,16,19-20,30-31H,1,12-13,15,17H2,2-4H3,(H,29,35)/t19-,20+/m0/s1. The first-order valence-electron chi connectivity index (χ1n) is 12.3. The second-order valence-electron chi connectivity index (χ2n) is 9.01. The van der Waals surface area contributed by atoms with Crippen molar-refractivity contribution in [2.24, 2.45) is 0 Å². The molecule has 1 aliphatic heterocycles. The summed E-state index contributed by atoms with van der Waals surface area (Å²) in [6.45, 7) is 4.60. The summed E-state index contributed by atoms with van der Waals surface area (Å²) in [6, 6.07) is 7.51. The number of ether oxygens (including phenoxy) is 1. The number of rotatable bonds is 7. The molecule has 10 nitrogen and oxygen atoms in total. The zero-order chi connectivity index (χ0) is 28.2. The zero-order valence-electron chi connectivity index (χ0n) is 22.0. The van der Waals surface area contributed by atoms with E-state index in [1.807, 2.05) is 22.7 Å². The van der Waals surface area contributed by atoms with Crippen molar-refractivity contribution in [1.29, 1.82) is 0 Å². The number of aromatic nitrogens is 2. The Hall–Kier alpha value is -4.24. The molecule has 206 valence electrons. The highest BCUT2D eigenvalue weighted by Crippen LogP contribution is 2.28. The van der Waals surface area contributed by atoms with Crippen LogP contribution >= 0.6 is 0 Å². The number of piperidine rings is 1. The number of carbonyl (C=O) groups excluding carboxylic acids is 1. The first-order valence-corrected chi connectivity index (χ1v) is 14.2. The number of sulfone groups is 1. The Morgan fingerprint density at radius 1 is 1.33 bits per heavy atom. The maximum Gasteiger partial charge on any atom is 0.317 e. The average Bonchev–Trinajstić information content (AvgIpc) is 3.29.